The number of rotatable bonds is 6. The average Bonchev–Trinajstić information content (AvgIpc) is 2.33. The third-order valence-electron chi connectivity index (χ3n) is 3.24. The third kappa shape index (κ3) is 3.65. The average molecular weight is 259 g/mol. The van der Waals surface area contributed by atoms with Crippen molar-refractivity contribution in [2.75, 3.05) is 6.61 Å². The summed E-state index contributed by atoms with van der Waals surface area (Å²) in [5.41, 5.74) is 0.139. The van der Waals surface area contributed by atoms with Gasteiger partial charge in [-0.2, -0.15) is 0 Å². The van der Waals surface area contributed by atoms with Crippen molar-refractivity contribution in [2.24, 2.45) is 0 Å². The van der Waals surface area contributed by atoms with Crippen molar-refractivity contribution in [3.63, 3.8) is 0 Å². The van der Waals surface area contributed by atoms with Crippen molar-refractivity contribution >= 4 is 0 Å². The van der Waals surface area contributed by atoms with Gasteiger partial charge in [0.2, 0.25) is 0 Å². The monoisotopic (exact) mass is 259 g/mol. The van der Waals surface area contributed by atoms with Crippen molar-refractivity contribution in [3.8, 4) is 5.75 Å². The first kappa shape index (κ1) is 14.9. The van der Waals surface area contributed by atoms with Crippen molar-refractivity contribution in [1.82, 2.24) is 5.32 Å². The first-order valence-electron chi connectivity index (χ1n) is 5.94. The molecular weight excluding hydrogens is 240 g/mol. The molecule has 1 unspecified atom stereocenters. The minimum absolute atomic E-state index is 0.0512. The van der Waals surface area contributed by atoms with Crippen molar-refractivity contribution in [2.45, 2.75) is 38.8 Å². The number of hydrogen-bond acceptors (Lipinski definition) is 3. The van der Waals surface area contributed by atoms with Crippen LogP contribution in [0.4, 0.5) is 8.78 Å². The van der Waals surface area contributed by atoms with E-state index in [4.69, 9.17) is 10.2 Å². The van der Waals surface area contributed by atoms with Crippen molar-refractivity contribution in [1.29, 1.82) is 0 Å². The predicted molar refractivity (Wildman–Crippen MR) is 65.3 cm³/mol. The van der Waals surface area contributed by atoms with E-state index in [0.717, 1.165) is 18.6 Å². The minimum Gasteiger partial charge on any atom is -0.503 e. The molecule has 0 bridgehead atoms. The maximum atomic E-state index is 13.1. The van der Waals surface area contributed by atoms with Crippen LogP contribution in [0.1, 0.15) is 32.3 Å². The Labute approximate surface area is 105 Å². The SMILES string of the molecule is CCC(C)(CCO)NCc1cc(F)c(O)c(F)c1. The molecule has 1 aromatic carbocycles. The van der Waals surface area contributed by atoms with E-state index in [9.17, 15) is 8.78 Å². The van der Waals surface area contributed by atoms with Crippen LogP contribution in [0.25, 0.3) is 0 Å². The Bertz CT molecular complexity index is 389. The number of hydrogen-bond donors (Lipinski definition) is 3. The van der Waals surface area contributed by atoms with E-state index >= 15 is 0 Å². The van der Waals surface area contributed by atoms with Crippen LogP contribution in [0.2, 0.25) is 0 Å². The third-order valence-corrected chi connectivity index (χ3v) is 3.24. The van der Waals surface area contributed by atoms with Crippen LogP contribution in [0.15, 0.2) is 12.1 Å². The van der Waals surface area contributed by atoms with E-state index < -0.39 is 17.4 Å². The predicted octanol–water partition coefficient (Wildman–Crippen LogP) is 2.31. The van der Waals surface area contributed by atoms with Gasteiger partial charge in [-0.15, -0.1) is 0 Å². The molecule has 102 valence electrons. The summed E-state index contributed by atoms with van der Waals surface area (Å²) in [6, 6.07) is 2.20. The van der Waals surface area contributed by atoms with E-state index in [-0.39, 0.29) is 18.7 Å². The van der Waals surface area contributed by atoms with Gasteiger partial charge in [0.25, 0.3) is 0 Å². The maximum Gasteiger partial charge on any atom is 0.187 e. The number of aliphatic hydroxyl groups excluding tert-OH is 1. The number of aliphatic hydroxyl groups is 1. The number of halogens is 2. The molecule has 0 saturated carbocycles. The number of phenolic OH excluding ortho intramolecular Hbond substituents is 1. The zero-order valence-electron chi connectivity index (χ0n) is 10.6. The molecule has 0 aliphatic heterocycles. The van der Waals surface area contributed by atoms with Gasteiger partial charge >= 0.3 is 0 Å². The van der Waals surface area contributed by atoms with Gasteiger partial charge in [-0.1, -0.05) is 6.92 Å². The summed E-state index contributed by atoms with van der Waals surface area (Å²) < 4.78 is 26.3. The second-order valence-electron chi connectivity index (χ2n) is 4.65. The lowest BCUT2D eigenvalue weighted by molar-refractivity contribution is 0.214. The van der Waals surface area contributed by atoms with E-state index in [1.54, 1.807) is 0 Å². The topological polar surface area (TPSA) is 52.5 Å². The van der Waals surface area contributed by atoms with Crippen LogP contribution in [0, 0.1) is 11.6 Å². The molecule has 3 N–H and O–H groups in total. The molecule has 0 aromatic heterocycles. The molecule has 0 amide bonds. The van der Waals surface area contributed by atoms with Gasteiger partial charge in [-0.05, 0) is 37.5 Å². The quantitative estimate of drug-likeness (QED) is 0.735. The highest BCUT2D eigenvalue weighted by atomic mass is 19.1. The molecule has 1 aromatic rings. The van der Waals surface area contributed by atoms with Gasteiger partial charge in [-0.25, -0.2) is 8.78 Å². The first-order chi connectivity index (χ1) is 8.41. The zero-order valence-corrected chi connectivity index (χ0v) is 10.6. The Kier molecular flexibility index (Phi) is 5.04. The van der Waals surface area contributed by atoms with E-state index in [0.29, 0.717) is 12.0 Å². The van der Waals surface area contributed by atoms with Gasteiger partial charge in [-0.3, -0.25) is 0 Å². The Morgan fingerprint density at radius 2 is 1.83 bits per heavy atom. The minimum atomic E-state index is -0.966. The summed E-state index contributed by atoms with van der Waals surface area (Å²) >= 11 is 0. The molecule has 1 atom stereocenters. The second-order valence-corrected chi connectivity index (χ2v) is 4.65. The molecule has 0 aliphatic carbocycles. The van der Waals surface area contributed by atoms with Crippen LogP contribution in [0.3, 0.4) is 0 Å². The summed E-state index contributed by atoms with van der Waals surface area (Å²) in [4.78, 5) is 0. The highest BCUT2D eigenvalue weighted by Gasteiger charge is 2.20. The molecule has 18 heavy (non-hydrogen) atoms. The van der Waals surface area contributed by atoms with Crippen LogP contribution in [-0.2, 0) is 6.54 Å². The fourth-order valence-corrected chi connectivity index (χ4v) is 1.67. The molecule has 0 spiro atoms. The van der Waals surface area contributed by atoms with E-state index in [1.807, 2.05) is 13.8 Å². The van der Waals surface area contributed by atoms with Crippen molar-refractivity contribution in [3.05, 3.63) is 29.3 Å². The normalized spacial score (nSPS) is 14.5. The largest absolute Gasteiger partial charge is 0.503 e. The Hall–Kier alpha value is -1.20. The molecule has 0 heterocycles. The zero-order chi connectivity index (χ0) is 13.8. The molecule has 3 nitrogen and oxygen atoms in total. The van der Waals surface area contributed by atoms with Gasteiger partial charge in [0.1, 0.15) is 0 Å². The number of nitrogens with one attached hydrogen (secondary N) is 1. The molecule has 0 radical (unpaired) electrons. The summed E-state index contributed by atoms with van der Waals surface area (Å²) in [5, 5.41) is 21.1. The second kappa shape index (κ2) is 6.11. The summed E-state index contributed by atoms with van der Waals surface area (Å²) in [7, 11) is 0. The molecule has 5 heteroatoms. The summed E-state index contributed by atoms with van der Waals surface area (Å²) in [6.45, 7) is 4.24. The van der Waals surface area contributed by atoms with E-state index in [1.165, 1.54) is 0 Å². The number of aromatic hydroxyl groups is 1. The highest BCUT2D eigenvalue weighted by molar-refractivity contribution is 5.30. The summed E-state index contributed by atoms with van der Waals surface area (Å²) in [6.07, 6.45) is 1.35. The molecular formula is C13H19F2NO2. The Morgan fingerprint density at radius 3 is 2.28 bits per heavy atom. The number of phenols is 1. The number of benzene rings is 1. The van der Waals surface area contributed by atoms with Crippen LogP contribution in [-0.4, -0.2) is 22.4 Å². The van der Waals surface area contributed by atoms with Crippen molar-refractivity contribution < 1.29 is 19.0 Å². The standard InChI is InChI=1S/C13H19F2NO2/c1-3-13(2,4-5-17)16-8-9-6-10(14)12(18)11(15)7-9/h6-7,16-18H,3-5,8H2,1-2H3. The van der Waals surface area contributed by atoms with Crippen LogP contribution in [0.5, 0.6) is 5.75 Å². The van der Waals surface area contributed by atoms with Gasteiger partial charge < -0.3 is 15.5 Å². The van der Waals surface area contributed by atoms with Crippen LogP contribution < -0.4 is 5.32 Å². The fraction of sp³-hybridized carbons (Fsp3) is 0.538. The van der Waals surface area contributed by atoms with Gasteiger partial charge in [0, 0.05) is 18.7 Å². The molecule has 0 aliphatic rings. The highest BCUT2D eigenvalue weighted by Crippen LogP contribution is 2.22. The fourth-order valence-electron chi connectivity index (χ4n) is 1.67. The van der Waals surface area contributed by atoms with Crippen LogP contribution >= 0.6 is 0 Å². The van der Waals surface area contributed by atoms with Gasteiger partial charge in [0.15, 0.2) is 17.4 Å². The molecule has 1 rings (SSSR count). The summed E-state index contributed by atoms with van der Waals surface area (Å²) in [5.74, 6) is -2.88. The Morgan fingerprint density at radius 1 is 1.28 bits per heavy atom. The lowest BCUT2D eigenvalue weighted by Gasteiger charge is -2.29. The maximum absolute atomic E-state index is 13.1. The smallest absolute Gasteiger partial charge is 0.187 e. The Balaban J connectivity index is 2.74. The first-order valence-corrected chi connectivity index (χ1v) is 5.94. The molecule has 0 fully saturated rings. The lowest BCUT2D eigenvalue weighted by atomic mass is 9.94. The van der Waals surface area contributed by atoms with Gasteiger partial charge in [0.05, 0.1) is 0 Å². The van der Waals surface area contributed by atoms with E-state index in [2.05, 4.69) is 5.32 Å². The lowest BCUT2D eigenvalue weighted by Crippen LogP contribution is -2.42. The molecule has 0 saturated heterocycles.